The molecule has 186 valence electrons. The average Bonchev–Trinajstić information content (AvgIpc) is 3.13. The zero-order valence-electron chi connectivity index (χ0n) is 20.7. The van der Waals surface area contributed by atoms with Gasteiger partial charge in [0.05, 0.1) is 12.5 Å². The lowest BCUT2D eigenvalue weighted by Gasteiger charge is -2.31. The maximum atomic E-state index is 11.6. The Kier molecular flexibility index (Phi) is 11.4. The van der Waals surface area contributed by atoms with Crippen molar-refractivity contribution < 1.29 is 4.79 Å². The number of hydrogen-bond acceptors (Lipinski definition) is 4. The molecule has 0 spiro atoms. The molecule has 1 amide bonds. The number of guanidine groups is 1. The standard InChI is InChI=1S/C25H42N6O.HI/c1-5-27-25(29-23-17-31(18(2)3)14-19(23)4)28-13-20-8-6-9-21(12-20)15-30-11-7-10-22(16-30)24(26)32;/h6,8-9,12,18-19,22-23H,5,7,10-11,13-17H2,1-4H3,(H2,26,32)(H2,27,28,29);1H. The quantitative estimate of drug-likeness (QED) is 0.254. The van der Waals surface area contributed by atoms with Gasteiger partial charge in [-0.05, 0) is 57.2 Å². The fourth-order valence-electron chi connectivity index (χ4n) is 4.80. The van der Waals surface area contributed by atoms with E-state index in [1.54, 1.807) is 0 Å². The van der Waals surface area contributed by atoms with Crippen LogP contribution in [-0.4, -0.2) is 66.5 Å². The first kappa shape index (κ1) is 27.9. The van der Waals surface area contributed by atoms with Crippen LogP contribution in [0.15, 0.2) is 29.3 Å². The number of primary amides is 1. The Morgan fingerprint density at radius 2 is 2.00 bits per heavy atom. The van der Waals surface area contributed by atoms with Crippen molar-refractivity contribution in [2.45, 2.75) is 65.7 Å². The Morgan fingerprint density at radius 3 is 2.67 bits per heavy atom. The minimum Gasteiger partial charge on any atom is -0.369 e. The minimum atomic E-state index is -0.172. The van der Waals surface area contributed by atoms with Crippen LogP contribution < -0.4 is 16.4 Å². The first-order valence-electron chi connectivity index (χ1n) is 12.2. The summed E-state index contributed by atoms with van der Waals surface area (Å²) >= 11 is 0. The van der Waals surface area contributed by atoms with Crippen LogP contribution in [0.3, 0.4) is 0 Å². The Labute approximate surface area is 217 Å². The van der Waals surface area contributed by atoms with Crippen LogP contribution in [0.2, 0.25) is 0 Å². The summed E-state index contributed by atoms with van der Waals surface area (Å²) in [4.78, 5) is 21.3. The Bertz CT molecular complexity index is 786. The molecule has 3 atom stereocenters. The van der Waals surface area contributed by atoms with E-state index in [1.807, 2.05) is 0 Å². The highest BCUT2D eigenvalue weighted by atomic mass is 127. The predicted octanol–water partition coefficient (Wildman–Crippen LogP) is 2.79. The molecule has 2 heterocycles. The van der Waals surface area contributed by atoms with Gasteiger partial charge in [-0.2, -0.15) is 0 Å². The summed E-state index contributed by atoms with van der Waals surface area (Å²) in [6.07, 6.45) is 1.94. The van der Waals surface area contributed by atoms with E-state index in [2.05, 4.69) is 72.4 Å². The van der Waals surface area contributed by atoms with Crippen molar-refractivity contribution in [1.82, 2.24) is 20.4 Å². The highest BCUT2D eigenvalue weighted by Crippen LogP contribution is 2.20. The van der Waals surface area contributed by atoms with E-state index in [-0.39, 0.29) is 35.8 Å². The third-order valence-electron chi connectivity index (χ3n) is 6.76. The summed E-state index contributed by atoms with van der Waals surface area (Å²) in [5.74, 6) is 1.29. The number of hydrogen-bond donors (Lipinski definition) is 3. The van der Waals surface area contributed by atoms with Gasteiger partial charge in [0.15, 0.2) is 5.96 Å². The van der Waals surface area contributed by atoms with E-state index in [0.29, 0.717) is 24.5 Å². The molecule has 8 heteroatoms. The molecule has 0 saturated carbocycles. The molecule has 0 aromatic heterocycles. The van der Waals surface area contributed by atoms with Crippen LogP contribution >= 0.6 is 24.0 Å². The number of rotatable bonds is 8. The second kappa shape index (κ2) is 13.5. The highest BCUT2D eigenvalue weighted by Gasteiger charge is 2.31. The molecule has 3 unspecified atom stereocenters. The number of piperidine rings is 1. The van der Waals surface area contributed by atoms with Crippen molar-refractivity contribution >= 4 is 35.8 Å². The number of nitrogens with one attached hydrogen (secondary N) is 2. The predicted molar refractivity (Wildman–Crippen MR) is 147 cm³/mol. The Hall–Kier alpha value is -1.39. The minimum absolute atomic E-state index is 0. The van der Waals surface area contributed by atoms with E-state index < -0.39 is 0 Å². The van der Waals surface area contributed by atoms with Crippen molar-refractivity contribution in [2.24, 2.45) is 22.6 Å². The lowest BCUT2D eigenvalue weighted by atomic mass is 9.97. The van der Waals surface area contributed by atoms with Crippen molar-refractivity contribution in [3.63, 3.8) is 0 Å². The molecule has 4 N–H and O–H groups in total. The first-order chi connectivity index (χ1) is 15.4. The molecule has 2 saturated heterocycles. The molecule has 0 radical (unpaired) electrons. The SMILES string of the molecule is CCNC(=NCc1cccc(CN2CCCC(C(N)=O)C2)c1)NC1CN(C(C)C)CC1C.I. The van der Waals surface area contributed by atoms with Gasteiger partial charge in [0.2, 0.25) is 5.91 Å². The van der Waals surface area contributed by atoms with E-state index in [0.717, 1.165) is 58.1 Å². The first-order valence-corrected chi connectivity index (χ1v) is 12.2. The lowest BCUT2D eigenvalue weighted by molar-refractivity contribution is -0.123. The molecular formula is C25H43IN6O. The topological polar surface area (TPSA) is 86.0 Å². The summed E-state index contributed by atoms with van der Waals surface area (Å²) < 4.78 is 0. The molecule has 0 aliphatic carbocycles. The van der Waals surface area contributed by atoms with Crippen LogP contribution in [-0.2, 0) is 17.9 Å². The summed E-state index contributed by atoms with van der Waals surface area (Å²) in [6.45, 7) is 15.3. The number of amides is 1. The monoisotopic (exact) mass is 570 g/mol. The Balaban J connectivity index is 0.00000385. The number of halogens is 1. The van der Waals surface area contributed by atoms with Crippen molar-refractivity contribution in [2.75, 3.05) is 32.7 Å². The van der Waals surface area contributed by atoms with Gasteiger partial charge >= 0.3 is 0 Å². The zero-order valence-corrected chi connectivity index (χ0v) is 23.0. The van der Waals surface area contributed by atoms with Crippen molar-refractivity contribution in [3.8, 4) is 0 Å². The van der Waals surface area contributed by atoms with Crippen LogP contribution in [0.1, 0.15) is 51.7 Å². The van der Waals surface area contributed by atoms with Crippen LogP contribution in [0, 0.1) is 11.8 Å². The number of carbonyl (C=O) groups excluding carboxylic acids is 1. The molecule has 2 aliphatic rings. The molecule has 1 aromatic carbocycles. The summed E-state index contributed by atoms with van der Waals surface area (Å²) in [7, 11) is 0. The maximum Gasteiger partial charge on any atom is 0.221 e. The second-order valence-electron chi connectivity index (χ2n) is 9.77. The van der Waals surface area contributed by atoms with Gasteiger partial charge in [-0.3, -0.25) is 14.6 Å². The van der Waals surface area contributed by atoms with Gasteiger partial charge in [0.25, 0.3) is 0 Å². The van der Waals surface area contributed by atoms with Gasteiger partial charge in [0.1, 0.15) is 0 Å². The largest absolute Gasteiger partial charge is 0.369 e. The average molecular weight is 571 g/mol. The fraction of sp³-hybridized carbons (Fsp3) is 0.680. The van der Waals surface area contributed by atoms with Gasteiger partial charge < -0.3 is 16.4 Å². The summed E-state index contributed by atoms with van der Waals surface area (Å²) in [6, 6.07) is 9.63. The second-order valence-corrected chi connectivity index (χ2v) is 9.77. The smallest absolute Gasteiger partial charge is 0.221 e. The number of likely N-dealkylation sites (tertiary alicyclic amines) is 2. The van der Waals surface area contributed by atoms with E-state index in [1.165, 1.54) is 11.1 Å². The lowest BCUT2D eigenvalue weighted by Crippen LogP contribution is -2.46. The number of nitrogens with zero attached hydrogens (tertiary/aromatic N) is 3. The van der Waals surface area contributed by atoms with E-state index in [4.69, 9.17) is 10.7 Å². The highest BCUT2D eigenvalue weighted by molar-refractivity contribution is 14.0. The number of aliphatic imine (C=N–C) groups is 1. The van der Waals surface area contributed by atoms with Gasteiger partial charge in [-0.15, -0.1) is 24.0 Å². The van der Waals surface area contributed by atoms with Crippen LogP contribution in [0.25, 0.3) is 0 Å². The van der Waals surface area contributed by atoms with Crippen molar-refractivity contribution in [1.29, 1.82) is 0 Å². The number of nitrogens with two attached hydrogens (primary N) is 1. The van der Waals surface area contributed by atoms with Gasteiger partial charge in [-0.25, -0.2) is 4.99 Å². The number of carbonyl (C=O) groups is 1. The fourth-order valence-corrected chi connectivity index (χ4v) is 4.80. The Morgan fingerprint density at radius 1 is 1.24 bits per heavy atom. The number of benzene rings is 1. The summed E-state index contributed by atoms with van der Waals surface area (Å²) in [5.41, 5.74) is 8.00. The molecule has 33 heavy (non-hydrogen) atoms. The molecule has 7 nitrogen and oxygen atoms in total. The van der Waals surface area contributed by atoms with E-state index in [9.17, 15) is 4.79 Å². The third kappa shape index (κ3) is 8.40. The maximum absolute atomic E-state index is 11.6. The zero-order chi connectivity index (χ0) is 23.1. The molecule has 0 bridgehead atoms. The van der Waals surface area contributed by atoms with Crippen molar-refractivity contribution in [3.05, 3.63) is 35.4 Å². The normalized spacial score (nSPS) is 24.5. The molecule has 2 fully saturated rings. The summed E-state index contributed by atoms with van der Waals surface area (Å²) in [5, 5.41) is 7.07. The third-order valence-corrected chi connectivity index (χ3v) is 6.76. The van der Waals surface area contributed by atoms with Gasteiger partial charge in [0, 0.05) is 44.8 Å². The van der Waals surface area contributed by atoms with E-state index >= 15 is 0 Å². The molecule has 1 aromatic rings. The molecule has 3 rings (SSSR count). The molecule has 2 aliphatic heterocycles. The van der Waals surface area contributed by atoms with Gasteiger partial charge in [-0.1, -0.05) is 31.2 Å². The molecular weight excluding hydrogens is 527 g/mol. The van der Waals surface area contributed by atoms with Crippen LogP contribution in [0.5, 0.6) is 0 Å². The van der Waals surface area contributed by atoms with Crippen LogP contribution in [0.4, 0.5) is 0 Å².